The van der Waals surface area contributed by atoms with E-state index in [1.807, 2.05) is 24.3 Å². The summed E-state index contributed by atoms with van der Waals surface area (Å²) in [6.07, 6.45) is 0. The number of carbonyl (C=O) groups is 1. The zero-order valence-corrected chi connectivity index (χ0v) is 9.68. The monoisotopic (exact) mass is 247 g/mol. The van der Waals surface area contributed by atoms with Gasteiger partial charge in [-0.1, -0.05) is 41.4 Å². The molecule has 1 aromatic rings. The Morgan fingerprint density at radius 2 is 2.13 bits per heavy atom. The van der Waals surface area contributed by atoms with Crippen LogP contribution in [0.3, 0.4) is 0 Å². The molecule has 1 aromatic carbocycles. The van der Waals surface area contributed by atoms with Gasteiger partial charge < -0.3 is 10.1 Å². The van der Waals surface area contributed by atoms with Crippen molar-refractivity contribution in [2.75, 3.05) is 7.11 Å². The number of rotatable bonds is 4. The lowest BCUT2D eigenvalue weighted by Gasteiger charge is -2.09. The van der Waals surface area contributed by atoms with Crippen molar-refractivity contribution in [2.45, 2.75) is 11.4 Å². The van der Waals surface area contributed by atoms with E-state index in [1.165, 1.54) is 0 Å². The van der Waals surface area contributed by atoms with Crippen molar-refractivity contribution < 1.29 is 9.53 Å². The Kier molecular flexibility index (Phi) is 4.72. The third kappa shape index (κ3) is 3.61. The van der Waals surface area contributed by atoms with Gasteiger partial charge in [0.15, 0.2) is 4.84 Å². The molecule has 0 saturated heterocycles. The predicted octanol–water partition coefficient (Wildman–Crippen LogP) is 2.12. The quantitative estimate of drug-likeness (QED) is 0.829. The molecule has 0 radical (unpaired) electrons. The average Bonchev–Trinajstić information content (AvgIpc) is 2.26. The van der Waals surface area contributed by atoms with Gasteiger partial charge in [-0.25, -0.2) is 0 Å². The normalized spacial score (nSPS) is 10.1. The van der Waals surface area contributed by atoms with E-state index in [4.69, 9.17) is 27.9 Å². The van der Waals surface area contributed by atoms with Crippen molar-refractivity contribution >= 4 is 29.1 Å². The first kappa shape index (κ1) is 12.1. The van der Waals surface area contributed by atoms with Crippen molar-refractivity contribution in [3.8, 4) is 5.75 Å². The number of nitrogens with one attached hydrogen (secondary N) is 1. The van der Waals surface area contributed by atoms with Crippen LogP contribution >= 0.6 is 23.2 Å². The summed E-state index contributed by atoms with van der Waals surface area (Å²) in [7, 11) is 1.58. The van der Waals surface area contributed by atoms with Crippen LogP contribution in [0, 0.1) is 0 Å². The van der Waals surface area contributed by atoms with Crippen molar-refractivity contribution in [3.05, 3.63) is 29.8 Å². The van der Waals surface area contributed by atoms with Crippen LogP contribution in [0.2, 0.25) is 0 Å². The van der Waals surface area contributed by atoms with Gasteiger partial charge in [0, 0.05) is 12.1 Å². The topological polar surface area (TPSA) is 38.3 Å². The maximum absolute atomic E-state index is 11.1. The fraction of sp³-hybridized carbons (Fsp3) is 0.300. The minimum atomic E-state index is -1.04. The molecule has 5 heteroatoms. The smallest absolute Gasteiger partial charge is 0.253 e. The van der Waals surface area contributed by atoms with E-state index in [0.717, 1.165) is 11.3 Å². The fourth-order valence-electron chi connectivity index (χ4n) is 1.11. The van der Waals surface area contributed by atoms with E-state index in [-0.39, 0.29) is 0 Å². The zero-order valence-electron chi connectivity index (χ0n) is 8.17. The van der Waals surface area contributed by atoms with E-state index in [2.05, 4.69) is 5.32 Å². The van der Waals surface area contributed by atoms with Gasteiger partial charge in [0.1, 0.15) is 5.75 Å². The average molecular weight is 248 g/mol. The summed E-state index contributed by atoms with van der Waals surface area (Å²) in [4.78, 5) is 10.1. The summed E-state index contributed by atoms with van der Waals surface area (Å²) in [5.41, 5.74) is 0.877. The molecule has 0 saturated carbocycles. The highest BCUT2D eigenvalue weighted by atomic mass is 35.5. The molecule has 0 fully saturated rings. The minimum absolute atomic E-state index is 0.346. The lowest BCUT2D eigenvalue weighted by atomic mass is 10.2. The Hall–Kier alpha value is -0.930. The first-order valence-electron chi connectivity index (χ1n) is 4.33. The van der Waals surface area contributed by atoms with E-state index in [1.54, 1.807) is 7.11 Å². The van der Waals surface area contributed by atoms with E-state index < -0.39 is 10.7 Å². The Labute approximate surface area is 98.3 Å². The SMILES string of the molecule is COc1ccccc1CNC(=O)C(Cl)Cl. The van der Waals surface area contributed by atoms with Crippen LogP contribution in [0.25, 0.3) is 0 Å². The first-order chi connectivity index (χ1) is 7.15. The number of alkyl halides is 2. The summed E-state index contributed by atoms with van der Waals surface area (Å²) in [6.45, 7) is 0.346. The maximum Gasteiger partial charge on any atom is 0.253 e. The second-order valence-electron chi connectivity index (χ2n) is 2.83. The summed E-state index contributed by atoms with van der Waals surface area (Å²) in [5.74, 6) is 0.308. The van der Waals surface area contributed by atoms with E-state index >= 15 is 0 Å². The van der Waals surface area contributed by atoms with Gasteiger partial charge in [0.25, 0.3) is 5.91 Å². The Bertz CT molecular complexity index is 342. The molecular weight excluding hydrogens is 237 g/mol. The number of hydrogen-bond donors (Lipinski definition) is 1. The first-order valence-corrected chi connectivity index (χ1v) is 5.20. The lowest BCUT2D eigenvalue weighted by Crippen LogP contribution is -2.27. The van der Waals surface area contributed by atoms with Crippen molar-refractivity contribution in [1.29, 1.82) is 0 Å². The number of halogens is 2. The van der Waals surface area contributed by atoms with E-state index in [9.17, 15) is 4.79 Å². The van der Waals surface area contributed by atoms with Crippen molar-refractivity contribution in [3.63, 3.8) is 0 Å². The molecule has 1 rings (SSSR count). The number of amides is 1. The molecule has 0 unspecified atom stereocenters. The van der Waals surface area contributed by atoms with Crippen LogP contribution in [0.1, 0.15) is 5.56 Å². The molecule has 1 N–H and O–H groups in total. The fourth-order valence-corrected chi connectivity index (χ4v) is 1.26. The van der Waals surface area contributed by atoms with Crippen LogP contribution in [0.5, 0.6) is 5.75 Å². The number of benzene rings is 1. The molecule has 82 valence electrons. The van der Waals surface area contributed by atoms with Crippen molar-refractivity contribution in [2.24, 2.45) is 0 Å². The third-order valence-electron chi connectivity index (χ3n) is 1.84. The molecule has 0 bridgehead atoms. The number of hydrogen-bond acceptors (Lipinski definition) is 2. The number of para-hydroxylation sites is 1. The standard InChI is InChI=1S/C10H11Cl2NO2/c1-15-8-5-3-2-4-7(8)6-13-10(14)9(11)12/h2-5,9H,6H2,1H3,(H,13,14). The van der Waals surface area contributed by atoms with Gasteiger partial charge in [-0.2, -0.15) is 0 Å². The van der Waals surface area contributed by atoms with Crippen LogP contribution in [-0.2, 0) is 11.3 Å². The van der Waals surface area contributed by atoms with Crippen LogP contribution in [0.4, 0.5) is 0 Å². The summed E-state index contributed by atoms with van der Waals surface area (Å²) >= 11 is 10.8. The molecule has 0 aromatic heterocycles. The van der Waals surface area contributed by atoms with Crippen LogP contribution < -0.4 is 10.1 Å². The number of methoxy groups -OCH3 is 1. The third-order valence-corrected chi connectivity index (χ3v) is 2.24. The van der Waals surface area contributed by atoms with Gasteiger partial charge in [-0.15, -0.1) is 0 Å². The van der Waals surface area contributed by atoms with Crippen LogP contribution in [0.15, 0.2) is 24.3 Å². The lowest BCUT2D eigenvalue weighted by molar-refractivity contribution is -0.119. The Balaban J connectivity index is 2.61. The Morgan fingerprint density at radius 3 is 2.73 bits per heavy atom. The minimum Gasteiger partial charge on any atom is -0.496 e. The second-order valence-corrected chi connectivity index (χ2v) is 3.93. The van der Waals surface area contributed by atoms with Gasteiger partial charge in [-0.05, 0) is 6.07 Å². The maximum atomic E-state index is 11.1. The molecule has 15 heavy (non-hydrogen) atoms. The molecule has 0 spiro atoms. The predicted molar refractivity (Wildman–Crippen MR) is 60.3 cm³/mol. The molecule has 3 nitrogen and oxygen atoms in total. The summed E-state index contributed by atoms with van der Waals surface area (Å²) in [5, 5.41) is 2.59. The highest BCUT2D eigenvalue weighted by Crippen LogP contribution is 2.16. The highest BCUT2D eigenvalue weighted by Gasteiger charge is 2.11. The summed E-state index contributed by atoms with van der Waals surface area (Å²) in [6, 6.07) is 7.40. The molecule has 0 aliphatic rings. The molecule has 0 aliphatic carbocycles. The van der Waals surface area contributed by atoms with Gasteiger partial charge in [0.2, 0.25) is 0 Å². The van der Waals surface area contributed by atoms with Crippen LogP contribution in [-0.4, -0.2) is 17.9 Å². The number of ether oxygens (including phenoxy) is 1. The van der Waals surface area contributed by atoms with Gasteiger partial charge in [0.05, 0.1) is 7.11 Å². The van der Waals surface area contributed by atoms with E-state index in [0.29, 0.717) is 6.54 Å². The molecule has 0 atom stereocenters. The summed E-state index contributed by atoms with van der Waals surface area (Å²) < 4.78 is 5.12. The second kappa shape index (κ2) is 5.83. The zero-order chi connectivity index (χ0) is 11.3. The van der Waals surface area contributed by atoms with Gasteiger partial charge in [-0.3, -0.25) is 4.79 Å². The number of carbonyl (C=O) groups excluding carboxylic acids is 1. The molecular formula is C10H11Cl2NO2. The van der Waals surface area contributed by atoms with Crippen molar-refractivity contribution in [1.82, 2.24) is 5.32 Å². The molecule has 0 aliphatic heterocycles. The molecule has 0 heterocycles. The Morgan fingerprint density at radius 1 is 1.47 bits per heavy atom. The molecule has 1 amide bonds. The largest absolute Gasteiger partial charge is 0.496 e. The highest BCUT2D eigenvalue weighted by molar-refractivity contribution is 6.53. The van der Waals surface area contributed by atoms with Gasteiger partial charge >= 0.3 is 0 Å².